The zero-order valence-electron chi connectivity index (χ0n) is 11.4. The number of hydrogen-bond donors (Lipinski definition) is 1. The highest BCUT2D eigenvalue weighted by Crippen LogP contribution is 2.24. The van der Waals surface area contributed by atoms with E-state index in [2.05, 4.69) is 15.9 Å². The van der Waals surface area contributed by atoms with Crippen molar-refractivity contribution in [3.63, 3.8) is 0 Å². The fraction of sp³-hybridized carbons (Fsp3) is 0.462. The molecule has 0 fully saturated rings. The fourth-order valence-corrected chi connectivity index (χ4v) is 2.15. The van der Waals surface area contributed by atoms with Gasteiger partial charge in [0.2, 0.25) is 5.91 Å². The number of benzene rings is 1. The topological polar surface area (TPSA) is 64.8 Å². The highest BCUT2D eigenvalue weighted by Gasteiger charge is 2.19. The van der Waals surface area contributed by atoms with Gasteiger partial charge in [0.05, 0.1) is 13.7 Å². The van der Waals surface area contributed by atoms with E-state index in [1.54, 1.807) is 19.1 Å². The predicted molar refractivity (Wildman–Crippen MR) is 77.0 cm³/mol. The molecule has 106 valence electrons. The number of carbonyl (C=O) groups excluding carboxylic acids is 1. The highest BCUT2D eigenvalue weighted by molar-refractivity contribution is 9.10. The zero-order chi connectivity index (χ0) is 14.4. The normalized spacial score (nSPS) is 12.1. The lowest BCUT2D eigenvalue weighted by Crippen LogP contribution is -2.44. The van der Waals surface area contributed by atoms with Gasteiger partial charge in [-0.2, -0.15) is 0 Å². The highest BCUT2D eigenvalue weighted by atomic mass is 79.9. The molecule has 0 aliphatic carbocycles. The Kier molecular flexibility index (Phi) is 6.27. The molecule has 1 aromatic carbocycles. The van der Waals surface area contributed by atoms with E-state index >= 15 is 0 Å². The van der Waals surface area contributed by atoms with Crippen LogP contribution in [0.1, 0.15) is 5.56 Å². The van der Waals surface area contributed by atoms with Gasteiger partial charge in [0.25, 0.3) is 0 Å². The summed E-state index contributed by atoms with van der Waals surface area (Å²) in [6.45, 7) is 0.637. The van der Waals surface area contributed by atoms with Gasteiger partial charge >= 0.3 is 0 Å². The molecule has 1 rings (SSSR count). The molecular formula is C13H19BrN2O3. The molecule has 1 amide bonds. The smallest absolute Gasteiger partial charge is 0.241 e. The number of halogens is 1. The number of likely N-dealkylation sites (N-methyl/N-ethyl adjacent to an activating group) is 1. The monoisotopic (exact) mass is 330 g/mol. The van der Waals surface area contributed by atoms with Gasteiger partial charge in [0.1, 0.15) is 11.8 Å². The van der Waals surface area contributed by atoms with Crippen molar-refractivity contribution in [1.29, 1.82) is 0 Å². The van der Waals surface area contributed by atoms with Crippen molar-refractivity contribution >= 4 is 21.8 Å². The van der Waals surface area contributed by atoms with Gasteiger partial charge in [0, 0.05) is 30.7 Å². The lowest BCUT2D eigenvalue weighted by Gasteiger charge is -2.22. The molecule has 6 heteroatoms. The van der Waals surface area contributed by atoms with Crippen molar-refractivity contribution in [3.8, 4) is 5.75 Å². The summed E-state index contributed by atoms with van der Waals surface area (Å²) in [6, 6.07) is 5.02. The predicted octanol–water partition coefficient (Wildman–Crippen LogP) is 1.39. The standard InChI is InChI=1S/C13H19BrN2O3/c1-16(13(17)11(15)8-18-2)7-9-6-10(14)4-5-12(9)19-3/h4-6,11H,7-8,15H2,1-3H3. The molecule has 0 aliphatic heterocycles. The number of methoxy groups -OCH3 is 2. The molecule has 0 aromatic heterocycles. The zero-order valence-corrected chi connectivity index (χ0v) is 12.9. The first-order valence-electron chi connectivity index (χ1n) is 5.81. The van der Waals surface area contributed by atoms with Crippen LogP contribution in [0.3, 0.4) is 0 Å². The maximum atomic E-state index is 12.0. The van der Waals surface area contributed by atoms with Crippen molar-refractivity contribution < 1.29 is 14.3 Å². The molecule has 1 aromatic rings. The Balaban J connectivity index is 2.78. The van der Waals surface area contributed by atoms with E-state index in [4.69, 9.17) is 15.2 Å². The van der Waals surface area contributed by atoms with Crippen LogP contribution in [0.25, 0.3) is 0 Å². The summed E-state index contributed by atoms with van der Waals surface area (Å²) in [6.07, 6.45) is 0. The molecular weight excluding hydrogens is 312 g/mol. The maximum absolute atomic E-state index is 12.0. The minimum Gasteiger partial charge on any atom is -0.496 e. The quantitative estimate of drug-likeness (QED) is 0.856. The number of nitrogens with zero attached hydrogens (tertiary/aromatic N) is 1. The second-order valence-corrected chi connectivity index (χ2v) is 5.13. The van der Waals surface area contributed by atoms with Gasteiger partial charge in [-0.25, -0.2) is 0 Å². The van der Waals surface area contributed by atoms with Crippen molar-refractivity contribution in [2.45, 2.75) is 12.6 Å². The molecule has 0 saturated carbocycles. The third-order valence-electron chi connectivity index (χ3n) is 2.69. The summed E-state index contributed by atoms with van der Waals surface area (Å²) in [4.78, 5) is 13.6. The van der Waals surface area contributed by atoms with Crippen LogP contribution in [0.2, 0.25) is 0 Å². The summed E-state index contributed by atoms with van der Waals surface area (Å²) in [5, 5.41) is 0. The molecule has 5 nitrogen and oxygen atoms in total. The Labute approximate surface area is 121 Å². The van der Waals surface area contributed by atoms with Crippen molar-refractivity contribution in [2.24, 2.45) is 5.73 Å². The van der Waals surface area contributed by atoms with Crippen LogP contribution in [0.5, 0.6) is 5.75 Å². The van der Waals surface area contributed by atoms with E-state index in [0.717, 1.165) is 15.8 Å². The van der Waals surface area contributed by atoms with Gasteiger partial charge in [0.15, 0.2) is 0 Å². The summed E-state index contributed by atoms with van der Waals surface area (Å²) in [5.41, 5.74) is 6.64. The number of carbonyl (C=O) groups is 1. The minimum atomic E-state index is -0.645. The SMILES string of the molecule is COCC(N)C(=O)N(C)Cc1cc(Br)ccc1OC. The summed E-state index contributed by atoms with van der Waals surface area (Å²) in [5.74, 6) is 0.576. The van der Waals surface area contributed by atoms with Gasteiger partial charge in [-0.1, -0.05) is 15.9 Å². The Bertz CT molecular complexity index is 440. The van der Waals surface area contributed by atoms with E-state index in [0.29, 0.717) is 6.54 Å². The number of ether oxygens (including phenoxy) is 2. The number of hydrogen-bond acceptors (Lipinski definition) is 4. The van der Waals surface area contributed by atoms with E-state index < -0.39 is 6.04 Å². The molecule has 0 bridgehead atoms. The van der Waals surface area contributed by atoms with Gasteiger partial charge < -0.3 is 20.1 Å². The molecule has 0 radical (unpaired) electrons. The van der Waals surface area contributed by atoms with E-state index in [1.807, 2.05) is 18.2 Å². The molecule has 2 N–H and O–H groups in total. The van der Waals surface area contributed by atoms with Gasteiger partial charge in [-0.3, -0.25) is 4.79 Å². The Morgan fingerprint density at radius 2 is 2.16 bits per heavy atom. The third kappa shape index (κ3) is 4.49. The number of amides is 1. The van der Waals surface area contributed by atoms with Crippen LogP contribution in [0, 0.1) is 0 Å². The van der Waals surface area contributed by atoms with E-state index in [-0.39, 0.29) is 12.5 Å². The molecule has 0 heterocycles. The molecule has 1 atom stereocenters. The number of nitrogens with two attached hydrogens (primary N) is 1. The third-order valence-corrected chi connectivity index (χ3v) is 3.18. The first kappa shape index (κ1) is 15.9. The fourth-order valence-electron chi connectivity index (χ4n) is 1.74. The van der Waals surface area contributed by atoms with Gasteiger partial charge in [-0.15, -0.1) is 0 Å². The first-order valence-corrected chi connectivity index (χ1v) is 6.60. The van der Waals surface area contributed by atoms with Crippen LogP contribution in [0.4, 0.5) is 0 Å². The van der Waals surface area contributed by atoms with Crippen LogP contribution in [-0.4, -0.2) is 44.7 Å². The van der Waals surface area contributed by atoms with Crippen LogP contribution in [-0.2, 0) is 16.1 Å². The van der Waals surface area contributed by atoms with Crippen molar-refractivity contribution in [3.05, 3.63) is 28.2 Å². The second kappa shape index (κ2) is 7.47. The lowest BCUT2D eigenvalue weighted by molar-refractivity contribution is -0.133. The average molecular weight is 331 g/mol. The van der Waals surface area contributed by atoms with E-state index in [1.165, 1.54) is 7.11 Å². The molecule has 0 spiro atoms. The Hall–Kier alpha value is -1.11. The summed E-state index contributed by atoms with van der Waals surface area (Å²) < 4.78 is 11.1. The van der Waals surface area contributed by atoms with Crippen LogP contribution in [0.15, 0.2) is 22.7 Å². The van der Waals surface area contributed by atoms with Crippen molar-refractivity contribution in [1.82, 2.24) is 4.90 Å². The summed E-state index contributed by atoms with van der Waals surface area (Å²) >= 11 is 3.40. The maximum Gasteiger partial charge on any atom is 0.241 e. The van der Waals surface area contributed by atoms with Crippen LogP contribution < -0.4 is 10.5 Å². The van der Waals surface area contributed by atoms with Crippen LogP contribution >= 0.6 is 15.9 Å². The molecule has 0 aliphatic rings. The minimum absolute atomic E-state index is 0.163. The Morgan fingerprint density at radius 1 is 1.47 bits per heavy atom. The Morgan fingerprint density at radius 3 is 2.74 bits per heavy atom. The molecule has 0 saturated heterocycles. The van der Waals surface area contributed by atoms with Gasteiger partial charge in [-0.05, 0) is 18.2 Å². The average Bonchev–Trinajstić information content (AvgIpc) is 2.38. The largest absolute Gasteiger partial charge is 0.496 e. The second-order valence-electron chi connectivity index (χ2n) is 4.21. The molecule has 19 heavy (non-hydrogen) atoms. The first-order chi connectivity index (χ1) is 8.99. The molecule has 1 unspecified atom stereocenters. The van der Waals surface area contributed by atoms with E-state index in [9.17, 15) is 4.79 Å². The summed E-state index contributed by atoms with van der Waals surface area (Å²) in [7, 11) is 4.83. The lowest BCUT2D eigenvalue weighted by atomic mass is 10.2. The number of rotatable bonds is 6. The van der Waals surface area contributed by atoms with Crippen molar-refractivity contribution in [2.75, 3.05) is 27.9 Å².